The van der Waals surface area contributed by atoms with Crippen LogP contribution in [0, 0.1) is 0 Å². The Labute approximate surface area is 38.3 Å². The Morgan fingerprint density at radius 3 is 1.33 bits per heavy atom. The molecule has 0 heterocycles. The molecule has 0 spiro atoms. The van der Waals surface area contributed by atoms with E-state index in [4.69, 9.17) is 14.7 Å². The third-order valence-electron chi connectivity index (χ3n) is 0. The molecule has 0 aliphatic heterocycles. The van der Waals surface area contributed by atoms with E-state index in [1.54, 1.807) is 0 Å². The first-order valence-corrected chi connectivity index (χ1v) is 1.75. The van der Waals surface area contributed by atoms with Crippen LogP contribution in [0.2, 0.25) is 0 Å². The summed E-state index contributed by atoms with van der Waals surface area (Å²) in [5.41, 5.74) is 0. The molecule has 0 aromatic carbocycles. The van der Waals surface area contributed by atoms with Crippen LogP contribution in [0.5, 0.6) is 0 Å². The Bertz CT molecular complexity index is 17.7. The van der Waals surface area contributed by atoms with Gasteiger partial charge in [0.05, 0.1) is 8.60 Å². The quantitative estimate of drug-likeness (QED) is 0.301. The topological polar surface area (TPSA) is 134 Å². The van der Waals surface area contributed by atoms with E-state index in [1.165, 1.54) is 0 Å². The lowest BCUT2D eigenvalue weighted by atomic mass is 14.0. The van der Waals surface area contributed by atoms with Gasteiger partial charge in [0, 0.05) is 0 Å². The molecule has 0 fully saturated rings. The maximum absolute atomic E-state index is 8.70. The zero-order chi connectivity index (χ0) is 3.58. The highest BCUT2D eigenvalue weighted by molar-refractivity contribution is 7.36. The Morgan fingerprint density at radius 1 is 1.33 bits per heavy atom. The van der Waals surface area contributed by atoms with Gasteiger partial charge in [0.15, 0.2) is 0 Å². The van der Waals surface area contributed by atoms with Gasteiger partial charge in [-0.1, -0.05) is 0 Å². The van der Waals surface area contributed by atoms with Gasteiger partial charge in [0.2, 0.25) is 0 Å². The van der Waals surface area contributed by atoms with E-state index in [0.29, 0.717) is 0 Å². The van der Waals surface area contributed by atoms with E-state index < -0.39 is 8.60 Å². The fourth-order valence-electron chi connectivity index (χ4n) is 0. The van der Waals surface area contributed by atoms with Crippen LogP contribution in [0.25, 0.3) is 0 Å². The van der Waals surface area contributed by atoms with E-state index in [9.17, 15) is 0 Å². The third kappa shape index (κ3) is 834. The van der Waals surface area contributed by atoms with Crippen molar-refractivity contribution in [3.8, 4) is 0 Å². The van der Waals surface area contributed by atoms with Gasteiger partial charge in [-0.05, 0) is 0 Å². The first-order chi connectivity index (χ1) is 1.73. The fraction of sp³-hybridized carbons (Fsp3) is 0. The van der Waals surface area contributed by atoms with Gasteiger partial charge in [-0.25, -0.2) is 0 Å². The van der Waals surface area contributed by atoms with Crippen molar-refractivity contribution in [2.75, 3.05) is 0 Å². The predicted octanol–water partition coefficient (Wildman–Crippen LogP) is -1.01. The Balaban J connectivity index is -0.0000000150. The molecule has 6 heavy (non-hydrogen) atoms. The molecule has 6 heteroatoms. The van der Waals surface area contributed by atoms with Crippen LogP contribution < -0.4 is 17.2 Å². The maximum atomic E-state index is 8.70. The van der Waals surface area contributed by atoms with Crippen LogP contribution in [-0.2, 0) is 0 Å². The van der Waals surface area contributed by atoms with E-state index in [0.717, 1.165) is 0 Å². The normalized spacial score (nSPS) is 6.00. The van der Waals surface area contributed by atoms with Gasteiger partial charge >= 0.3 is 1.43 Å². The Kier molecular flexibility index (Phi) is 24.4. The first kappa shape index (κ1) is 16.3. The second-order valence-corrected chi connectivity index (χ2v) is 0.758. The van der Waals surface area contributed by atoms with Crippen molar-refractivity contribution >= 4 is 8.60 Å². The van der Waals surface area contributed by atoms with Gasteiger partial charge in [-0.3, -0.25) is 0 Å². The lowest BCUT2D eigenvalue weighted by Crippen LogP contribution is -1.87. The summed E-state index contributed by atoms with van der Waals surface area (Å²) in [5, 5.41) is 0. The van der Waals surface area contributed by atoms with Crippen LogP contribution in [0.1, 0.15) is 1.43 Å². The summed E-state index contributed by atoms with van der Waals surface area (Å²) < 4.78 is 0. The van der Waals surface area contributed by atoms with Crippen molar-refractivity contribution < 1.29 is 16.1 Å². The van der Waals surface area contributed by atoms with Gasteiger partial charge < -0.3 is 27.0 Å². The molecule has 42 valence electrons. The van der Waals surface area contributed by atoms with E-state index in [-0.39, 0.29) is 13.7 Å². The summed E-state index contributed by atoms with van der Waals surface area (Å²) in [4.78, 5) is 22.9. The summed E-state index contributed by atoms with van der Waals surface area (Å²) in [6.45, 7) is 0. The van der Waals surface area contributed by atoms with Crippen molar-refractivity contribution in [3.63, 3.8) is 0 Å². The monoisotopic (exact) mass is 116 g/mol. The number of hydrogen-bond donors (Lipinski definition) is 4. The smallest absolute Gasteiger partial charge is 0.786 e. The number of hydrogen-bond acceptors (Lipinski definition) is 5. The molecule has 0 aliphatic rings. The summed E-state index contributed by atoms with van der Waals surface area (Å²) >= 11 is 0. The molecule has 0 aliphatic carbocycles. The van der Waals surface area contributed by atoms with Gasteiger partial charge in [0.25, 0.3) is 0 Å². The molecule has 0 rings (SSSR count). The van der Waals surface area contributed by atoms with E-state index in [2.05, 4.69) is 0 Å². The lowest BCUT2D eigenvalue weighted by Gasteiger charge is -1.99. The molecule has 0 atom stereocenters. The van der Waals surface area contributed by atoms with E-state index >= 15 is 0 Å². The van der Waals surface area contributed by atoms with Crippen molar-refractivity contribution in [1.29, 1.82) is 0 Å². The molecule has 0 radical (unpaired) electrons. The van der Waals surface area contributed by atoms with Crippen molar-refractivity contribution in [3.05, 3.63) is 0 Å². The molecule has 0 bridgehead atoms. The summed E-state index contributed by atoms with van der Waals surface area (Å²) in [6.07, 6.45) is 0. The minimum atomic E-state index is -2.87. The average molecular weight is 116 g/mol. The molecule has 0 saturated heterocycles. The highest BCUT2D eigenvalue weighted by Crippen LogP contribution is 2.03. The number of rotatable bonds is 0. The summed E-state index contributed by atoms with van der Waals surface area (Å²) in [7, 11) is -2.87. The minimum absolute atomic E-state index is 0. The molecule has 0 aromatic heterocycles. The largest absolute Gasteiger partial charge is 1.00 e. The van der Waals surface area contributed by atoms with Crippen molar-refractivity contribution in [1.82, 2.24) is 12.3 Å². The van der Waals surface area contributed by atoms with Crippen molar-refractivity contribution in [2.24, 2.45) is 0 Å². The molecule has 0 saturated carbocycles. The van der Waals surface area contributed by atoms with Crippen molar-refractivity contribution in [2.45, 2.75) is 0 Å². The molecular weight excluding hydrogens is 107 g/mol. The molecule has 0 aromatic rings. The highest BCUT2D eigenvalue weighted by atomic mass is 31.2. The molecule has 0 unspecified atom stereocenters. The predicted molar refractivity (Wildman–Crippen MR) is 22.5 cm³/mol. The summed E-state index contributed by atoms with van der Waals surface area (Å²) in [6, 6.07) is 0. The summed E-state index contributed by atoms with van der Waals surface area (Å²) in [5.74, 6) is 0. The second kappa shape index (κ2) is 8.97. The van der Waals surface area contributed by atoms with E-state index in [1.807, 2.05) is 0 Å². The first-order valence-electron chi connectivity index (χ1n) is 0.583. The minimum Gasteiger partial charge on any atom is -0.786 e. The van der Waals surface area contributed by atoms with Crippen LogP contribution in [0.3, 0.4) is 0 Å². The van der Waals surface area contributed by atoms with Crippen LogP contribution in [0.15, 0.2) is 0 Å². The highest BCUT2D eigenvalue weighted by Gasteiger charge is 1.55. The molecule has 8 N–H and O–H groups in total. The SMILES string of the molecule is N.N.[H+].[O-]P(O)O. The maximum Gasteiger partial charge on any atom is 1.00 e. The Morgan fingerprint density at radius 2 is 1.33 bits per heavy atom. The molecule has 5 nitrogen and oxygen atoms in total. The second-order valence-electron chi connectivity index (χ2n) is 0.253. The molecule has 0 amide bonds. The zero-order valence-electron chi connectivity index (χ0n) is 4.16. The van der Waals surface area contributed by atoms with Crippen LogP contribution in [0.4, 0.5) is 0 Å². The van der Waals surface area contributed by atoms with Gasteiger partial charge in [-0.15, -0.1) is 0 Å². The molecular formula is H9N2O3P. The Hall–Kier alpha value is 0.230. The third-order valence-corrected chi connectivity index (χ3v) is 0. The van der Waals surface area contributed by atoms with Gasteiger partial charge in [-0.2, -0.15) is 0 Å². The fourth-order valence-corrected chi connectivity index (χ4v) is 0. The van der Waals surface area contributed by atoms with Gasteiger partial charge in [0.1, 0.15) is 0 Å². The standard InChI is InChI=1S/2H3N.H2O3P/c;;1-4(2)3/h2*1H3;1-2H/q;;-1/p+1. The lowest BCUT2D eigenvalue weighted by molar-refractivity contribution is -0.193. The zero-order valence-corrected chi connectivity index (χ0v) is 4.06. The average Bonchev–Trinajstić information content (AvgIpc) is 0.811. The van der Waals surface area contributed by atoms with Crippen LogP contribution in [-0.4, -0.2) is 9.79 Å². The van der Waals surface area contributed by atoms with Crippen LogP contribution >= 0.6 is 8.60 Å².